The first-order chi connectivity index (χ1) is 12.8. The highest BCUT2D eigenvalue weighted by atomic mass is 28.3. The first-order valence-corrected chi connectivity index (χ1v) is 13.7. The molecule has 0 aromatic rings. The smallest absolute Gasteiger partial charge is 0.200 e. The minimum atomic E-state index is -1.67. The Bertz CT molecular complexity index is 656. The lowest BCUT2D eigenvalue weighted by molar-refractivity contribution is 0.245. The third-order valence-electron chi connectivity index (χ3n) is 6.55. The quantitative estimate of drug-likeness (QED) is 0.458. The molecule has 2 aliphatic heterocycles. The zero-order valence-corrected chi connectivity index (χ0v) is 20.6. The summed E-state index contributed by atoms with van der Waals surface area (Å²) in [5.41, 5.74) is 3.13. The van der Waals surface area contributed by atoms with Crippen LogP contribution in [0.25, 0.3) is 0 Å². The van der Waals surface area contributed by atoms with Gasteiger partial charge in [-0.1, -0.05) is 61.6 Å². The van der Waals surface area contributed by atoms with E-state index in [1.54, 1.807) is 0 Å². The van der Waals surface area contributed by atoms with Crippen LogP contribution in [0.15, 0.2) is 9.98 Å². The average Bonchev–Trinajstić information content (AvgIpc) is 3.23. The maximum absolute atomic E-state index is 6.08. The molecule has 2 rings (SSSR count). The molecule has 5 heteroatoms. The Balaban J connectivity index is 2.36. The number of hydrogen-bond acceptors (Lipinski definition) is 4. The summed E-state index contributed by atoms with van der Waals surface area (Å²) in [6.45, 7) is 23.7. The highest BCUT2D eigenvalue weighted by molar-refractivity contribution is 6.87. The lowest BCUT2D eigenvalue weighted by atomic mass is 9.86. The maximum Gasteiger partial charge on any atom is 0.200 e. The van der Waals surface area contributed by atoms with Gasteiger partial charge in [0, 0.05) is 6.42 Å². The SMILES string of the molecule is CC(C)[C@H]1COC(C(C)(CC#C[Si](C)(C)C(C)(C)C)C2=N[C@@H](C(C)C)CO2)=N1. The number of aliphatic imine (C=N–C) groups is 2. The minimum absolute atomic E-state index is 0.200. The summed E-state index contributed by atoms with van der Waals surface area (Å²) in [6, 6.07) is 0.399. The summed E-state index contributed by atoms with van der Waals surface area (Å²) in [7, 11) is -1.67. The number of hydrogen-bond donors (Lipinski definition) is 0. The number of ether oxygens (including phenoxy) is 2. The summed E-state index contributed by atoms with van der Waals surface area (Å²) in [4.78, 5) is 9.83. The van der Waals surface area contributed by atoms with Crippen LogP contribution in [0.5, 0.6) is 0 Å². The average molecular weight is 405 g/mol. The van der Waals surface area contributed by atoms with E-state index >= 15 is 0 Å². The van der Waals surface area contributed by atoms with Crippen molar-refractivity contribution < 1.29 is 9.47 Å². The predicted octanol–water partition coefficient (Wildman–Crippen LogP) is 5.34. The molecule has 0 saturated carbocycles. The molecule has 0 radical (unpaired) electrons. The summed E-state index contributed by atoms with van der Waals surface area (Å²) in [6.07, 6.45) is 0.632. The van der Waals surface area contributed by atoms with Gasteiger partial charge in [-0.25, -0.2) is 9.98 Å². The Morgan fingerprint density at radius 1 is 0.929 bits per heavy atom. The summed E-state index contributed by atoms with van der Waals surface area (Å²) in [5, 5.41) is 0.241. The highest BCUT2D eigenvalue weighted by Crippen LogP contribution is 2.37. The van der Waals surface area contributed by atoms with Crippen LogP contribution in [-0.4, -0.2) is 45.2 Å². The molecule has 0 saturated heterocycles. The molecule has 4 nitrogen and oxygen atoms in total. The minimum Gasteiger partial charge on any atom is -0.478 e. The lowest BCUT2D eigenvalue weighted by Crippen LogP contribution is -2.38. The van der Waals surface area contributed by atoms with E-state index in [0.717, 1.165) is 11.8 Å². The standard InChI is InChI=1S/C23H40N2O2Si/c1-16(2)18-14-26-20(24-18)23(8,21-25-19(15-27-21)17(3)4)12-11-13-28(9,10)22(5,6)7/h16-19H,12,14-15H2,1-10H3/t18-,19-/m1/s1. The van der Waals surface area contributed by atoms with Gasteiger partial charge in [0.05, 0.1) is 12.1 Å². The van der Waals surface area contributed by atoms with Crippen LogP contribution in [0.1, 0.15) is 61.8 Å². The van der Waals surface area contributed by atoms with E-state index in [9.17, 15) is 0 Å². The Hall–Kier alpha value is -1.28. The van der Waals surface area contributed by atoms with Gasteiger partial charge < -0.3 is 9.47 Å². The molecule has 2 heterocycles. The highest BCUT2D eigenvalue weighted by Gasteiger charge is 2.45. The van der Waals surface area contributed by atoms with Crippen molar-refractivity contribution in [3.05, 3.63) is 0 Å². The molecular weight excluding hydrogens is 364 g/mol. The fourth-order valence-electron chi connectivity index (χ4n) is 2.94. The monoisotopic (exact) mass is 404 g/mol. The van der Waals surface area contributed by atoms with Crippen molar-refractivity contribution in [2.75, 3.05) is 13.2 Å². The molecule has 0 N–H and O–H groups in total. The Morgan fingerprint density at radius 3 is 1.68 bits per heavy atom. The predicted molar refractivity (Wildman–Crippen MR) is 122 cm³/mol. The summed E-state index contributed by atoms with van der Waals surface area (Å²) < 4.78 is 12.2. The summed E-state index contributed by atoms with van der Waals surface area (Å²) in [5.74, 6) is 5.91. The van der Waals surface area contributed by atoms with E-state index in [-0.39, 0.29) is 17.1 Å². The van der Waals surface area contributed by atoms with Crippen molar-refractivity contribution in [3.63, 3.8) is 0 Å². The van der Waals surface area contributed by atoms with E-state index in [1.165, 1.54) is 0 Å². The molecule has 2 aliphatic rings. The summed E-state index contributed by atoms with van der Waals surface area (Å²) >= 11 is 0. The van der Waals surface area contributed by atoms with Crippen molar-refractivity contribution in [1.82, 2.24) is 0 Å². The van der Waals surface area contributed by atoms with Crippen LogP contribution in [0.3, 0.4) is 0 Å². The zero-order valence-electron chi connectivity index (χ0n) is 19.6. The second-order valence-corrected chi connectivity index (χ2v) is 15.8. The van der Waals surface area contributed by atoms with Crippen molar-refractivity contribution >= 4 is 19.9 Å². The van der Waals surface area contributed by atoms with E-state index < -0.39 is 13.5 Å². The van der Waals surface area contributed by atoms with E-state index in [1.807, 2.05) is 0 Å². The molecule has 28 heavy (non-hydrogen) atoms. The van der Waals surface area contributed by atoms with Crippen molar-refractivity contribution in [1.29, 1.82) is 0 Å². The molecule has 158 valence electrons. The second-order valence-electron chi connectivity index (χ2n) is 10.8. The number of nitrogens with zero attached hydrogens (tertiary/aromatic N) is 2. The molecule has 0 aliphatic carbocycles. The normalized spacial score (nSPS) is 23.1. The molecule has 0 fully saturated rings. The number of rotatable bonds is 5. The van der Waals surface area contributed by atoms with Crippen molar-refractivity contribution in [2.45, 2.75) is 92.0 Å². The van der Waals surface area contributed by atoms with Gasteiger partial charge in [0.15, 0.2) is 11.8 Å². The van der Waals surface area contributed by atoms with Gasteiger partial charge in [-0.2, -0.15) is 0 Å². The fourth-order valence-corrected chi connectivity index (χ4v) is 3.84. The second kappa shape index (κ2) is 8.22. The van der Waals surface area contributed by atoms with Gasteiger partial charge in [0.25, 0.3) is 0 Å². The molecule has 0 spiro atoms. The van der Waals surface area contributed by atoms with Gasteiger partial charge in [0.2, 0.25) is 0 Å². The fraction of sp³-hybridized carbons (Fsp3) is 0.826. The van der Waals surface area contributed by atoms with Gasteiger partial charge in [0.1, 0.15) is 26.7 Å². The molecule has 0 unspecified atom stereocenters. The van der Waals surface area contributed by atoms with Crippen LogP contribution in [-0.2, 0) is 9.47 Å². The van der Waals surface area contributed by atoms with Gasteiger partial charge in [-0.15, -0.1) is 11.5 Å². The molecule has 0 aromatic carbocycles. The van der Waals surface area contributed by atoms with Crippen LogP contribution in [0.4, 0.5) is 0 Å². The Morgan fingerprint density at radius 2 is 1.36 bits per heavy atom. The lowest BCUT2D eigenvalue weighted by Gasteiger charge is -2.32. The van der Waals surface area contributed by atoms with Crippen LogP contribution in [0, 0.1) is 28.7 Å². The maximum atomic E-state index is 6.08. The molecule has 2 atom stereocenters. The van der Waals surface area contributed by atoms with Gasteiger partial charge >= 0.3 is 0 Å². The first-order valence-electron chi connectivity index (χ1n) is 10.7. The molecular formula is C23H40N2O2Si. The van der Waals surface area contributed by atoms with E-state index in [4.69, 9.17) is 19.5 Å². The largest absolute Gasteiger partial charge is 0.478 e. The third-order valence-corrected chi connectivity index (χ3v) is 11.1. The molecule has 0 amide bonds. The van der Waals surface area contributed by atoms with Gasteiger partial charge in [-0.05, 0) is 23.8 Å². The van der Waals surface area contributed by atoms with E-state index in [0.29, 0.717) is 31.5 Å². The Kier molecular flexibility index (Phi) is 6.75. The van der Waals surface area contributed by atoms with Crippen LogP contribution >= 0.6 is 0 Å². The first kappa shape index (κ1) is 23.0. The van der Waals surface area contributed by atoms with Crippen molar-refractivity contribution in [3.8, 4) is 11.5 Å². The topological polar surface area (TPSA) is 43.2 Å². The van der Waals surface area contributed by atoms with Crippen molar-refractivity contribution in [2.24, 2.45) is 27.2 Å². The van der Waals surface area contributed by atoms with Crippen LogP contribution in [0.2, 0.25) is 18.1 Å². The van der Waals surface area contributed by atoms with Crippen LogP contribution < -0.4 is 0 Å². The Labute approximate surface area is 173 Å². The van der Waals surface area contributed by atoms with Gasteiger partial charge in [-0.3, -0.25) is 0 Å². The zero-order chi connectivity index (χ0) is 21.3. The molecule has 0 aromatic heterocycles. The third kappa shape index (κ3) is 4.82. The van der Waals surface area contributed by atoms with E-state index in [2.05, 4.69) is 79.9 Å². The molecule has 0 bridgehead atoms.